The summed E-state index contributed by atoms with van der Waals surface area (Å²) in [7, 11) is -4.37. The highest BCUT2D eigenvalue weighted by atomic mass is 32.2. The van der Waals surface area contributed by atoms with Gasteiger partial charge in [0.05, 0.1) is 30.2 Å². The number of benzene rings is 2. The van der Waals surface area contributed by atoms with Crippen LogP contribution in [0.4, 0.5) is 0 Å². The predicted molar refractivity (Wildman–Crippen MR) is 167 cm³/mol. The van der Waals surface area contributed by atoms with Gasteiger partial charge in [-0.05, 0) is 35.8 Å². The number of aliphatic carboxylic acids is 1. The minimum Gasteiger partial charge on any atom is -0.477 e. The Balaban J connectivity index is 1.25. The van der Waals surface area contributed by atoms with Gasteiger partial charge >= 0.3 is 5.97 Å². The number of quaternary nitrogens is 2. The van der Waals surface area contributed by atoms with Crippen molar-refractivity contribution >= 4 is 33.7 Å². The number of hydrogen-bond acceptors (Lipinski definition) is 7. The zero-order valence-electron chi connectivity index (χ0n) is 26.3. The number of primary amides is 1. The van der Waals surface area contributed by atoms with E-state index >= 15 is 0 Å². The van der Waals surface area contributed by atoms with Crippen LogP contribution in [0, 0.1) is 11.8 Å². The molecule has 248 valence electrons. The smallest absolute Gasteiger partial charge is 0.352 e. The molecule has 14 heteroatoms. The Morgan fingerprint density at radius 2 is 1.62 bits per heavy atom. The molecule has 0 unspecified atom stereocenters. The molecule has 4 fully saturated rings. The van der Waals surface area contributed by atoms with E-state index in [-0.39, 0.29) is 27.6 Å². The maximum absolute atomic E-state index is 14.1. The molecule has 4 N–H and O–H groups in total. The highest BCUT2D eigenvalue weighted by Gasteiger charge is 2.60. The maximum Gasteiger partial charge on any atom is 0.352 e. The van der Waals surface area contributed by atoms with Crippen molar-refractivity contribution in [3.05, 3.63) is 64.9 Å². The molecule has 4 saturated heterocycles. The first-order valence-electron chi connectivity index (χ1n) is 15.9. The number of carbonyl (C=O) groups excluding carboxylic acids is 3. The molecule has 0 spiro atoms. The Hall–Kier alpha value is -4.11. The molecule has 0 saturated carbocycles. The van der Waals surface area contributed by atoms with Crippen LogP contribution in [-0.4, -0.2) is 125 Å². The molecular weight excluding hydrogens is 626 g/mol. The Labute approximate surface area is 272 Å². The fourth-order valence-corrected chi connectivity index (χ4v) is 10.2. The molecule has 0 aromatic heterocycles. The second kappa shape index (κ2) is 10.7. The fraction of sp³-hybridized carbons (Fsp3) is 0.455. The molecular formula is C33H39N5O8S+2. The zero-order valence-corrected chi connectivity index (χ0v) is 27.1. The number of sulfonamides is 1. The van der Waals surface area contributed by atoms with Crippen molar-refractivity contribution in [3.8, 4) is 11.1 Å². The highest BCUT2D eigenvalue weighted by Crippen LogP contribution is 2.48. The van der Waals surface area contributed by atoms with Crippen LogP contribution >= 0.6 is 0 Å². The summed E-state index contributed by atoms with van der Waals surface area (Å²) >= 11 is 0. The van der Waals surface area contributed by atoms with Crippen LogP contribution in [0.1, 0.15) is 29.8 Å². The van der Waals surface area contributed by atoms with Gasteiger partial charge in [0.1, 0.15) is 56.4 Å². The molecule has 8 rings (SSSR count). The molecule has 3 amide bonds. The second-order valence-electron chi connectivity index (χ2n) is 13.9. The lowest BCUT2D eigenvalue weighted by atomic mass is 9.78. The minimum absolute atomic E-state index is 0.0371. The monoisotopic (exact) mass is 665 g/mol. The number of β-lactam (4-membered cyclic amide) rings is 1. The van der Waals surface area contributed by atoms with Crippen LogP contribution in [-0.2, 0) is 31.0 Å². The molecule has 2 bridgehead atoms. The highest BCUT2D eigenvalue weighted by molar-refractivity contribution is 7.90. The van der Waals surface area contributed by atoms with Crippen molar-refractivity contribution in [2.24, 2.45) is 17.6 Å². The molecule has 2 aromatic rings. The largest absolute Gasteiger partial charge is 0.477 e. The number of nitrogens with two attached hydrogens (primary N) is 1. The van der Waals surface area contributed by atoms with Gasteiger partial charge < -0.3 is 29.8 Å². The first-order valence-corrected chi connectivity index (χ1v) is 17.4. The summed E-state index contributed by atoms with van der Waals surface area (Å²) in [5.41, 5.74) is 7.78. The van der Waals surface area contributed by atoms with Gasteiger partial charge in [-0.1, -0.05) is 37.3 Å². The van der Waals surface area contributed by atoms with Crippen molar-refractivity contribution < 1.29 is 46.8 Å². The number of carbonyl (C=O) groups is 4. The average Bonchev–Trinajstić information content (AvgIpc) is 3.37. The SMILES string of the molecule is C[C@@H](O)[C@H]1C(=O)N2C(C(=O)O)=C(CN3C(=O)c4cc(C[N+]56CC[N+](CC(N)=O)(CC5)CC6)c(-c5ccccc5)cc4S3(=O)=O)[C@H](C)[C@H]12. The third-order valence-electron chi connectivity index (χ3n) is 11.3. The summed E-state index contributed by atoms with van der Waals surface area (Å²) in [6.07, 6.45) is -1.01. The summed E-state index contributed by atoms with van der Waals surface area (Å²) in [6, 6.07) is 12.0. The van der Waals surface area contributed by atoms with E-state index in [9.17, 15) is 37.8 Å². The van der Waals surface area contributed by atoms with Gasteiger partial charge in [-0.2, -0.15) is 0 Å². The third-order valence-corrected chi connectivity index (χ3v) is 13.1. The van der Waals surface area contributed by atoms with Gasteiger partial charge in [-0.25, -0.2) is 17.5 Å². The topological polar surface area (TPSA) is 175 Å². The molecule has 6 aliphatic rings. The van der Waals surface area contributed by atoms with E-state index in [0.29, 0.717) is 23.1 Å². The van der Waals surface area contributed by atoms with E-state index in [0.717, 1.165) is 64.1 Å². The van der Waals surface area contributed by atoms with Gasteiger partial charge in [-0.15, -0.1) is 0 Å². The molecule has 13 nitrogen and oxygen atoms in total. The van der Waals surface area contributed by atoms with Crippen LogP contribution in [0.25, 0.3) is 11.1 Å². The number of hydrogen-bond donors (Lipinski definition) is 3. The van der Waals surface area contributed by atoms with Crippen LogP contribution < -0.4 is 5.73 Å². The molecule has 0 aliphatic carbocycles. The molecule has 2 aromatic carbocycles. The Morgan fingerprint density at radius 3 is 2.19 bits per heavy atom. The Kier molecular flexibility index (Phi) is 7.17. The summed E-state index contributed by atoms with van der Waals surface area (Å²) < 4.78 is 30.3. The van der Waals surface area contributed by atoms with Gasteiger partial charge in [0.25, 0.3) is 21.8 Å². The molecule has 47 heavy (non-hydrogen) atoms. The standard InChI is InChI=1S/C33H37N5O8S/c1-19-25(30(33(43)44)36-29(19)28(20(2)39)32(36)42)16-35-31(41)24-14-22(17-37-8-11-38(12-9-37,13-10-37)18-27(34)40)23(15-26(24)47(35,45)46)21-6-4-3-5-7-21/h3-7,14-15,19-20,28-29,39H,8-13,16-18H2,1-2H3,(H-2,34,40,43,44)/p+2/t19-,20+,28+,29+,37?,38?/m0/s1. The number of carboxylic acids is 1. The van der Waals surface area contributed by atoms with Crippen molar-refractivity contribution in [1.29, 1.82) is 0 Å². The summed E-state index contributed by atoms with van der Waals surface area (Å²) in [5.74, 6) is -4.38. The number of nitrogens with zero attached hydrogens (tertiary/aromatic N) is 4. The normalized spacial score (nSPS) is 31.1. The minimum atomic E-state index is -4.37. The van der Waals surface area contributed by atoms with Crippen molar-refractivity contribution in [1.82, 2.24) is 9.21 Å². The zero-order chi connectivity index (χ0) is 33.6. The number of amides is 3. The summed E-state index contributed by atoms with van der Waals surface area (Å²) in [6.45, 7) is 8.45. The first kappa shape index (κ1) is 31.5. The van der Waals surface area contributed by atoms with E-state index in [1.54, 1.807) is 19.1 Å². The van der Waals surface area contributed by atoms with Gasteiger partial charge in [0.15, 0.2) is 6.54 Å². The van der Waals surface area contributed by atoms with Crippen LogP contribution in [0.15, 0.2) is 58.6 Å². The number of aliphatic hydroxyl groups is 1. The van der Waals surface area contributed by atoms with Crippen LogP contribution in [0.3, 0.4) is 0 Å². The van der Waals surface area contributed by atoms with Crippen molar-refractivity contribution in [2.45, 2.75) is 37.4 Å². The van der Waals surface area contributed by atoms with E-state index < -0.39 is 58.3 Å². The fourth-order valence-electron chi connectivity index (χ4n) is 8.66. The van der Waals surface area contributed by atoms with Crippen LogP contribution in [0.5, 0.6) is 0 Å². The third kappa shape index (κ3) is 4.72. The van der Waals surface area contributed by atoms with E-state index in [1.807, 2.05) is 30.3 Å². The number of piperazine rings is 3. The van der Waals surface area contributed by atoms with E-state index in [4.69, 9.17) is 5.73 Å². The first-order chi connectivity index (χ1) is 22.2. The number of carboxylic acid groups (broad SMARTS) is 1. The van der Waals surface area contributed by atoms with Crippen molar-refractivity contribution in [3.63, 3.8) is 0 Å². The summed E-state index contributed by atoms with van der Waals surface area (Å²) in [5, 5.41) is 20.3. The van der Waals surface area contributed by atoms with Gasteiger partial charge in [0, 0.05) is 11.5 Å². The molecule has 6 heterocycles. The maximum atomic E-state index is 14.1. The van der Waals surface area contributed by atoms with Gasteiger partial charge in [-0.3, -0.25) is 14.4 Å². The average molecular weight is 666 g/mol. The van der Waals surface area contributed by atoms with E-state index in [1.165, 1.54) is 6.92 Å². The van der Waals surface area contributed by atoms with E-state index in [2.05, 4.69) is 0 Å². The molecule has 0 radical (unpaired) electrons. The number of aliphatic hydroxyl groups excluding tert-OH is 1. The van der Waals surface area contributed by atoms with Crippen molar-refractivity contribution in [2.75, 3.05) is 52.4 Å². The van der Waals surface area contributed by atoms with Gasteiger partial charge in [0.2, 0.25) is 5.91 Å². The quantitative estimate of drug-likeness (QED) is 0.254. The lowest BCUT2D eigenvalue weighted by Crippen LogP contribution is -2.75. The lowest BCUT2D eigenvalue weighted by molar-refractivity contribution is -1.08. The number of rotatable bonds is 9. The lowest BCUT2D eigenvalue weighted by Gasteiger charge is -2.55. The predicted octanol–water partition coefficient (Wildman–Crippen LogP) is 0.340. The molecule has 6 aliphatic heterocycles. The number of fused-ring (bicyclic) bond motifs is 5. The second-order valence-corrected chi connectivity index (χ2v) is 15.8. The Morgan fingerprint density at radius 1 is 1.00 bits per heavy atom. The Bertz CT molecular complexity index is 1850. The van der Waals surface area contributed by atoms with Crippen LogP contribution in [0.2, 0.25) is 0 Å². The summed E-state index contributed by atoms with van der Waals surface area (Å²) in [4.78, 5) is 52.0. The molecule has 4 atom stereocenters.